The Morgan fingerprint density at radius 1 is 0.932 bits per heavy atom. The van der Waals surface area contributed by atoms with Gasteiger partial charge in [0.15, 0.2) is 23.6 Å². The van der Waals surface area contributed by atoms with Crippen LogP contribution in [0.1, 0.15) is 35.9 Å². The number of amides is 3. The Kier molecular flexibility index (Phi) is 11.7. The summed E-state index contributed by atoms with van der Waals surface area (Å²) in [6.45, 7) is -0.252. The number of nitrogens with zero attached hydrogens (tertiary/aromatic N) is 6. The van der Waals surface area contributed by atoms with Gasteiger partial charge in [0.2, 0.25) is 5.95 Å². The molecule has 2 aromatic carbocycles. The van der Waals surface area contributed by atoms with E-state index in [2.05, 4.69) is 36.0 Å². The number of aliphatic hydroxyl groups is 2. The number of aromatic nitrogens is 5. The number of aromatic hydroxyl groups is 2. The summed E-state index contributed by atoms with van der Waals surface area (Å²) in [5.41, 5.74) is 2.69. The molecule has 0 unspecified atom stereocenters. The van der Waals surface area contributed by atoms with Gasteiger partial charge in [-0.1, -0.05) is 24.3 Å². The van der Waals surface area contributed by atoms with E-state index in [4.69, 9.17) is 9.97 Å². The van der Waals surface area contributed by atoms with Crippen molar-refractivity contribution in [3.8, 4) is 11.5 Å². The van der Waals surface area contributed by atoms with Crippen LogP contribution in [0.2, 0.25) is 0 Å². The fourth-order valence-corrected chi connectivity index (χ4v) is 7.19. The van der Waals surface area contributed by atoms with Crippen LogP contribution in [0, 0.1) is 0 Å². The van der Waals surface area contributed by atoms with Crippen LogP contribution >= 0.6 is 0 Å². The lowest BCUT2D eigenvalue weighted by atomic mass is 9.91. The van der Waals surface area contributed by atoms with Crippen LogP contribution in [0.15, 0.2) is 79.4 Å². The van der Waals surface area contributed by atoms with Crippen molar-refractivity contribution >= 4 is 46.5 Å². The number of esters is 1. The van der Waals surface area contributed by atoms with Crippen molar-refractivity contribution in [3.63, 3.8) is 0 Å². The number of benzene rings is 2. The molecule has 3 amide bonds. The van der Waals surface area contributed by atoms with Crippen molar-refractivity contribution in [2.75, 3.05) is 41.8 Å². The predicted molar refractivity (Wildman–Crippen MR) is 203 cm³/mol. The number of nitrogens with one attached hydrogen (secondary N) is 4. The lowest BCUT2D eigenvalue weighted by molar-refractivity contribution is -0.200. The Balaban J connectivity index is 1.16. The molecule has 59 heavy (non-hydrogen) atoms. The molecule has 5 aromatic rings. The first-order valence-corrected chi connectivity index (χ1v) is 18.4. The first-order valence-electron chi connectivity index (χ1n) is 18.4. The average molecular weight is 821 g/mol. The van der Waals surface area contributed by atoms with Crippen molar-refractivity contribution in [2.45, 2.75) is 55.3 Å². The molecular formula is C38H39F3N10O8. The molecule has 18 nitrogen and oxygen atoms in total. The fraction of sp³-hybridized carbons (Fsp3) is 0.342. The number of urea groups is 1. The minimum absolute atomic E-state index is 0.0812. The second-order valence-electron chi connectivity index (χ2n) is 14.1. The minimum Gasteiger partial charge on any atom is -0.508 e. The van der Waals surface area contributed by atoms with Gasteiger partial charge in [-0.15, -0.1) is 0 Å². The largest absolute Gasteiger partial charge is 0.508 e. The van der Waals surface area contributed by atoms with E-state index in [-0.39, 0.29) is 53.5 Å². The first kappa shape index (κ1) is 40.5. The molecule has 8 N–H and O–H groups in total. The van der Waals surface area contributed by atoms with Gasteiger partial charge < -0.3 is 55.9 Å². The monoisotopic (exact) mass is 820 g/mol. The smallest absolute Gasteiger partial charge is 0.490 e. The number of phenols is 2. The lowest BCUT2D eigenvalue weighted by Crippen LogP contribution is -2.45. The Morgan fingerprint density at radius 2 is 1.63 bits per heavy atom. The fourth-order valence-electron chi connectivity index (χ4n) is 7.19. The summed E-state index contributed by atoms with van der Waals surface area (Å²) in [4.78, 5) is 56.4. The highest BCUT2D eigenvalue weighted by Gasteiger charge is 2.45. The van der Waals surface area contributed by atoms with Gasteiger partial charge in [0.05, 0.1) is 30.3 Å². The van der Waals surface area contributed by atoms with Gasteiger partial charge in [0.25, 0.3) is 5.91 Å². The Hall–Kier alpha value is -6.74. The maximum atomic E-state index is 12.8. The van der Waals surface area contributed by atoms with Crippen LogP contribution in [0.5, 0.6) is 11.5 Å². The summed E-state index contributed by atoms with van der Waals surface area (Å²) in [7, 11) is 0. The van der Waals surface area contributed by atoms with E-state index < -0.39 is 55.0 Å². The third kappa shape index (κ3) is 9.36. The minimum atomic E-state index is -5.30. The molecule has 4 heterocycles. The first-order chi connectivity index (χ1) is 28.2. The molecule has 310 valence electrons. The third-order valence-corrected chi connectivity index (χ3v) is 10.1. The number of imidazole rings is 1. The third-order valence-electron chi connectivity index (χ3n) is 10.1. The quantitative estimate of drug-likeness (QED) is 0.0844. The van der Waals surface area contributed by atoms with E-state index in [1.165, 1.54) is 17.1 Å². The molecule has 21 heteroatoms. The summed E-state index contributed by atoms with van der Waals surface area (Å²) in [5, 5.41) is 53.5. The molecule has 0 bridgehead atoms. The van der Waals surface area contributed by atoms with E-state index >= 15 is 0 Å². The Bertz CT molecular complexity index is 2240. The summed E-state index contributed by atoms with van der Waals surface area (Å²) in [6, 6.07) is 13.9. The number of rotatable bonds is 12. The number of anilines is 3. The van der Waals surface area contributed by atoms with Gasteiger partial charge in [-0.2, -0.15) is 23.1 Å². The molecule has 3 aromatic heterocycles. The molecule has 1 saturated carbocycles. The van der Waals surface area contributed by atoms with E-state index in [0.717, 1.165) is 11.1 Å². The standard InChI is InChI=1S/C38H39F3N10O8/c39-38(40,41)35(57)59-18-29(54)47-27-14-28(32(56)31(27)55)51-19-44-30-33(43-16-26(20-3-7-24(52)8-4-20)21-5-9-25(53)10-6-21)48-36(49-34(30)51)50-13-11-23(17-50)46-37(58)45-22-2-1-12-42-15-22/h1-10,12,15,19,23,26-28,31-32,52-53,55-56H,11,13-14,16-18H2,(H,47,54)(H,43,48,49)(H2,45,46,58)/t23-,27+,28-,31-,32+/m1/s1. The van der Waals surface area contributed by atoms with Gasteiger partial charge in [-0.05, 0) is 60.4 Å². The van der Waals surface area contributed by atoms with Crippen molar-refractivity contribution in [1.29, 1.82) is 0 Å². The number of pyridine rings is 1. The highest BCUT2D eigenvalue weighted by molar-refractivity contribution is 5.89. The summed E-state index contributed by atoms with van der Waals surface area (Å²) >= 11 is 0. The van der Waals surface area contributed by atoms with Crippen LogP contribution in [-0.4, -0.2) is 120 Å². The maximum absolute atomic E-state index is 12.8. The molecular weight excluding hydrogens is 781 g/mol. The van der Waals surface area contributed by atoms with Crippen LogP contribution in [0.4, 0.5) is 35.4 Å². The number of phenolic OH excluding ortho intramolecular Hbond substituents is 2. The molecule has 1 aliphatic carbocycles. The lowest BCUT2D eigenvalue weighted by Gasteiger charge is -2.22. The second kappa shape index (κ2) is 17.0. The van der Waals surface area contributed by atoms with Gasteiger partial charge in [-0.25, -0.2) is 14.6 Å². The van der Waals surface area contributed by atoms with E-state index in [1.807, 2.05) is 4.90 Å². The average Bonchev–Trinajstić information content (AvgIpc) is 3.93. The van der Waals surface area contributed by atoms with Gasteiger partial charge in [0.1, 0.15) is 23.7 Å². The van der Waals surface area contributed by atoms with Crippen LogP contribution in [0.3, 0.4) is 0 Å². The topological polar surface area (TPSA) is 249 Å². The number of aliphatic hydroxyl groups excluding tert-OH is 2. The van der Waals surface area contributed by atoms with E-state index in [1.54, 1.807) is 66.9 Å². The van der Waals surface area contributed by atoms with Gasteiger partial charge in [-0.3, -0.25) is 9.78 Å². The number of halogens is 3. The van der Waals surface area contributed by atoms with Crippen molar-refractivity contribution in [3.05, 3.63) is 90.5 Å². The molecule has 0 spiro atoms. The molecule has 1 saturated heterocycles. The maximum Gasteiger partial charge on any atom is 0.490 e. The molecule has 0 radical (unpaired) electrons. The zero-order valence-corrected chi connectivity index (χ0v) is 31.0. The van der Waals surface area contributed by atoms with Crippen LogP contribution in [0.25, 0.3) is 11.2 Å². The van der Waals surface area contributed by atoms with Crippen LogP contribution in [-0.2, 0) is 14.3 Å². The van der Waals surface area contributed by atoms with Crippen molar-refractivity contribution in [2.24, 2.45) is 0 Å². The molecule has 7 rings (SSSR count). The number of ether oxygens (including phenoxy) is 1. The Morgan fingerprint density at radius 3 is 2.27 bits per heavy atom. The van der Waals surface area contributed by atoms with E-state index in [9.17, 15) is 48.0 Å². The van der Waals surface area contributed by atoms with Gasteiger partial charge >= 0.3 is 18.2 Å². The number of fused-ring (bicyclic) bond motifs is 1. The number of hydrogen-bond donors (Lipinski definition) is 8. The highest BCUT2D eigenvalue weighted by Crippen LogP contribution is 2.36. The molecule has 5 atom stereocenters. The summed E-state index contributed by atoms with van der Waals surface area (Å²) < 4.78 is 43.3. The normalized spacial score (nSPS) is 20.4. The predicted octanol–water partition coefficient (Wildman–Crippen LogP) is 2.53. The zero-order chi connectivity index (χ0) is 41.8. The number of carbonyl (C=O) groups is 3. The van der Waals surface area contributed by atoms with Crippen LogP contribution < -0.4 is 26.2 Å². The Labute approximate surface area is 333 Å². The number of alkyl halides is 3. The van der Waals surface area contributed by atoms with E-state index in [0.29, 0.717) is 31.0 Å². The zero-order valence-electron chi connectivity index (χ0n) is 31.0. The molecule has 2 fully saturated rings. The molecule has 1 aliphatic heterocycles. The SMILES string of the molecule is O=C(COC(=O)C(F)(F)F)N[C@H]1C[C@@H](n2cnc3c(NCC(c4ccc(O)cc4)c4ccc(O)cc4)nc(N4CC[C@@H](NC(=O)Nc5cccnc5)C4)nc32)[C@H](O)[C@@H]1O. The van der Waals surface area contributed by atoms with Gasteiger partial charge in [0, 0.05) is 37.8 Å². The summed E-state index contributed by atoms with van der Waals surface area (Å²) in [5.74, 6) is -3.29. The second-order valence-corrected chi connectivity index (χ2v) is 14.1. The van der Waals surface area contributed by atoms with Crippen molar-refractivity contribution in [1.82, 2.24) is 35.1 Å². The summed E-state index contributed by atoms with van der Waals surface area (Å²) in [6.07, 6.45) is -3.45. The number of carbonyl (C=O) groups excluding carboxylic acids is 3. The number of hydrogen-bond acceptors (Lipinski definition) is 14. The van der Waals surface area contributed by atoms with Crippen molar-refractivity contribution < 1.29 is 52.7 Å². The molecule has 2 aliphatic rings. The highest BCUT2D eigenvalue weighted by atomic mass is 19.4.